The van der Waals surface area contributed by atoms with Crippen LogP contribution in [0.4, 0.5) is 0 Å². The number of allylic oxidation sites excluding steroid dienone is 1. The van der Waals surface area contributed by atoms with Crippen LogP contribution in [0.25, 0.3) is 0 Å². The average molecular weight is 457 g/mol. The van der Waals surface area contributed by atoms with Crippen molar-refractivity contribution >= 4 is 11.8 Å². The van der Waals surface area contributed by atoms with Gasteiger partial charge in [0.15, 0.2) is 5.78 Å². The normalized spacial score (nSPS) is 47.2. The molecule has 5 rings (SSSR count). The molecule has 0 aliphatic heterocycles. The number of aliphatic hydroxyl groups is 1. The van der Waals surface area contributed by atoms with Crippen LogP contribution in [0.2, 0.25) is 0 Å². The van der Waals surface area contributed by atoms with Gasteiger partial charge < -0.3 is 9.84 Å². The van der Waals surface area contributed by atoms with Gasteiger partial charge in [-0.25, -0.2) is 0 Å². The Labute approximate surface area is 199 Å². The maximum Gasteiger partial charge on any atom is 0.306 e. The zero-order valence-corrected chi connectivity index (χ0v) is 21.0. The Balaban J connectivity index is 1.30. The van der Waals surface area contributed by atoms with Gasteiger partial charge in [-0.2, -0.15) is 0 Å². The monoisotopic (exact) mass is 456 g/mol. The van der Waals surface area contributed by atoms with Crippen LogP contribution in [0.3, 0.4) is 0 Å². The van der Waals surface area contributed by atoms with E-state index in [-0.39, 0.29) is 40.7 Å². The molecule has 7 atom stereocenters. The van der Waals surface area contributed by atoms with Gasteiger partial charge in [-0.3, -0.25) is 9.59 Å². The molecule has 4 nitrogen and oxygen atoms in total. The van der Waals surface area contributed by atoms with E-state index in [1.807, 2.05) is 6.08 Å². The van der Waals surface area contributed by atoms with E-state index in [0.717, 1.165) is 76.5 Å². The van der Waals surface area contributed by atoms with E-state index in [4.69, 9.17) is 4.74 Å². The predicted molar refractivity (Wildman–Crippen MR) is 128 cm³/mol. The van der Waals surface area contributed by atoms with Crippen molar-refractivity contribution in [1.82, 2.24) is 0 Å². The minimum Gasteiger partial charge on any atom is -0.462 e. The highest BCUT2D eigenvalue weighted by atomic mass is 16.5. The lowest BCUT2D eigenvalue weighted by molar-refractivity contribution is -0.152. The fraction of sp³-hybridized carbons (Fsp3) is 0.862. The number of carbonyl (C=O) groups is 2. The number of fused-ring (bicyclic) bond motifs is 5. The van der Waals surface area contributed by atoms with Crippen molar-refractivity contribution in [3.63, 3.8) is 0 Å². The van der Waals surface area contributed by atoms with E-state index >= 15 is 0 Å². The van der Waals surface area contributed by atoms with E-state index in [1.165, 1.54) is 5.57 Å². The summed E-state index contributed by atoms with van der Waals surface area (Å²) in [5.74, 6) is 2.95. The fourth-order valence-electron chi connectivity index (χ4n) is 9.02. The lowest BCUT2D eigenvalue weighted by Gasteiger charge is -2.60. The first kappa shape index (κ1) is 23.6. The number of hydrogen-bond acceptors (Lipinski definition) is 4. The highest BCUT2D eigenvalue weighted by Gasteiger charge is 2.60. The van der Waals surface area contributed by atoms with Crippen molar-refractivity contribution in [3.8, 4) is 0 Å². The maximum atomic E-state index is 12.7. The number of ketones is 1. The third kappa shape index (κ3) is 4.02. The van der Waals surface area contributed by atoms with E-state index < -0.39 is 0 Å². The lowest BCUT2D eigenvalue weighted by atomic mass is 9.45. The zero-order valence-electron chi connectivity index (χ0n) is 21.0. The molecular formula is C29H44O4. The topological polar surface area (TPSA) is 63.6 Å². The molecule has 0 aromatic heterocycles. The van der Waals surface area contributed by atoms with Crippen LogP contribution in [0.15, 0.2) is 11.6 Å². The molecule has 0 spiro atoms. The van der Waals surface area contributed by atoms with Gasteiger partial charge in [-0.05, 0) is 117 Å². The fourth-order valence-corrected chi connectivity index (χ4v) is 9.02. The summed E-state index contributed by atoms with van der Waals surface area (Å²) in [6.45, 7) is 7.01. The molecule has 5 aliphatic carbocycles. The molecule has 1 N–H and O–H groups in total. The largest absolute Gasteiger partial charge is 0.462 e. The van der Waals surface area contributed by atoms with Crippen LogP contribution in [0, 0.1) is 40.4 Å². The van der Waals surface area contributed by atoms with Crippen LogP contribution in [0.5, 0.6) is 0 Å². The number of esters is 1. The summed E-state index contributed by atoms with van der Waals surface area (Å²) in [7, 11) is 0. The van der Waals surface area contributed by atoms with Crippen LogP contribution in [-0.4, -0.2) is 29.1 Å². The number of rotatable bonds is 4. The summed E-state index contributed by atoms with van der Waals surface area (Å²) in [5.41, 5.74) is 1.42. The van der Waals surface area contributed by atoms with Gasteiger partial charge in [-0.1, -0.05) is 26.3 Å². The Morgan fingerprint density at radius 3 is 2.58 bits per heavy atom. The van der Waals surface area contributed by atoms with E-state index in [1.54, 1.807) is 0 Å². The van der Waals surface area contributed by atoms with Gasteiger partial charge in [0.1, 0.15) is 6.10 Å². The maximum absolute atomic E-state index is 12.7. The van der Waals surface area contributed by atoms with Crippen molar-refractivity contribution < 1.29 is 19.4 Å². The highest BCUT2D eigenvalue weighted by molar-refractivity contribution is 5.92. The van der Waals surface area contributed by atoms with Crippen LogP contribution in [-0.2, 0) is 14.3 Å². The van der Waals surface area contributed by atoms with Gasteiger partial charge in [0, 0.05) is 12.8 Å². The third-order valence-corrected chi connectivity index (χ3v) is 11.2. The molecule has 4 heteroatoms. The number of ether oxygens (including phenoxy) is 1. The second kappa shape index (κ2) is 8.81. The van der Waals surface area contributed by atoms with Crippen molar-refractivity contribution in [2.45, 2.75) is 116 Å². The summed E-state index contributed by atoms with van der Waals surface area (Å²) in [6.07, 6.45) is 14.4. The summed E-state index contributed by atoms with van der Waals surface area (Å²) in [6, 6.07) is 0. The summed E-state index contributed by atoms with van der Waals surface area (Å²) in [5, 5.41) is 10.7. The predicted octanol–water partition coefficient (Wildman–Crippen LogP) is 6.01. The first-order valence-corrected chi connectivity index (χ1v) is 13.8. The molecule has 4 saturated carbocycles. The number of hydrogen-bond donors (Lipinski definition) is 1. The van der Waals surface area contributed by atoms with E-state index in [2.05, 4.69) is 20.8 Å². The highest BCUT2D eigenvalue weighted by Crippen LogP contribution is 2.66. The quantitative estimate of drug-likeness (QED) is 0.526. The Morgan fingerprint density at radius 1 is 1.06 bits per heavy atom. The Bertz CT molecular complexity index is 808. The summed E-state index contributed by atoms with van der Waals surface area (Å²) < 4.78 is 5.85. The number of aliphatic hydroxyl groups excluding tert-OH is 1. The Kier molecular flexibility index (Phi) is 6.29. The van der Waals surface area contributed by atoms with Gasteiger partial charge >= 0.3 is 5.97 Å². The standard InChI is InChI=1S/C29H44O4/c1-18-4-8-22(9-5-18)33-27(32)13-7-20-17-21(30)16-19-6-10-23-24-11-12-26(31)28(24,2)15-14-25(23)29(19,20)3/h16,18,20,22-26,31H,4-15,17H2,1-3H3/t18?,20?,22?,23-,24-,25-,26-,28-,29+/m0/s1. The smallest absolute Gasteiger partial charge is 0.306 e. The first-order valence-electron chi connectivity index (χ1n) is 13.8. The molecule has 0 radical (unpaired) electrons. The Morgan fingerprint density at radius 2 is 1.82 bits per heavy atom. The van der Waals surface area contributed by atoms with Crippen LogP contribution < -0.4 is 0 Å². The molecule has 0 aromatic carbocycles. The van der Waals surface area contributed by atoms with Gasteiger partial charge in [0.2, 0.25) is 0 Å². The molecule has 33 heavy (non-hydrogen) atoms. The zero-order chi connectivity index (χ0) is 23.4. The summed E-state index contributed by atoms with van der Waals surface area (Å²) >= 11 is 0. The minimum absolute atomic E-state index is 0.00620. The van der Waals surface area contributed by atoms with Crippen molar-refractivity contribution in [1.29, 1.82) is 0 Å². The van der Waals surface area contributed by atoms with Gasteiger partial charge in [-0.15, -0.1) is 0 Å². The van der Waals surface area contributed by atoms with Crippen molar-refractivity contribution in [2.75, 3.05) is 0 Å². The number of carbonyl (C=O) groups excluding carboxylic acids is 2. The molecule has 0 aromatic rings. The molecule has 1 unspecified atom stereocenters. The van der Waals surface area contributed by atoms with Crippen LogP contribution in [0.1, 0.15) is 104 Å². The molecule has 0 saturated heterocycles. The van der Waals surface area contributed by atoms with Crippen LogP contribution >= 0.6 is 0 Å². The molecule has 184 valence electrons. The molecular weight excluding hydrogens is 412 g/mol. The van der Waals surface area contributed by atoms with Crippen molar-refractivity contribution in [3.05, 3.63) is 11.6 Å². The average Bonchev–Trinajstić information content (AvgIpc) is 3.09. The van der Waals surface area contributed by atoms with E-state index in [0.29, 0.717) is 30.6 Å². The van der Waals surface area contributed by atoms with Crippen molar-refractivity contribution in [2.24, 2.45) is 40.4 Å². The lowest BCUT2D eigenvalue weighted by Crippen LogP contribution is -2.54. The second-order valence-corrected chi connectivity index (χ2v) is 12.8. The Hall–Kier alpha value is -1.16. The van der Waals surface area contributed by atoms with Gasteiger partial charge in [0.05, 0.1) is 6.10 Å². The molecule has 0 amide bonds. The molecule has 0 heterocycles. The molecule has 5 aliphatic rings. The molecule has 0 bridgehead atoms. The van der Waals surface area contributed by atoms with E-state index in [9.17, 15) is 14.7 Å². The third-order valence-electron chi connectivity index (χ3n) is 11.2. The minimum atomic E-state index is -0.158. The second-order valence-electron chi connectivity index (χ2n) is 12.8. The van der Waals surface area contributed by atoms with Gasteiger partial charge in [0.25, 0.3) is 0 Å². The SMILES string of the molecule is CC1CCC(OC(=O)CCC2CC(=O)C=C3CC[C@H]4[C@@H]5CC[C@H](O)[C@@]5(C)CC[C@@H]4[C@]32C)CC1. The summed E-state index contributed by atoms with van der Waals surface area (Å²) in [4.78, 5) is 25.4. The first-order chi connectivity index (χ1) is 15.7. The molecule has 4 fully saturated rings.